The van der Waals surface area contributed by atoms with Gasteiger partial charge in [-0.05, 0) is 32.4 Å². The number of rotatable bonds is 1. The molecule has 0 N–H and O–H groups in total. The Hall–Kier alpha value is -1.38. The van der Waals surface area contributed by atoms with Crippen LogP contribution in [-0.2, 0) is 13.6 Å². The van der Waals surface area contributed by atoms with Gasteiger partial charge in [-0.1, -0.05) is 0 Å². The molecule has 3 heteroatoms. The molecular formula is C12H18N3+. The van der Waals surface area contributed by atoms with E-state index < -0.39 is 0 Å². The molecule has 2 aromatic heterocycles. The Morgan fingerprint density at radius 3 is 2.60 bits per heavy atom. The zero-order valence-corrected chi connectivity index (χ0v) is 10.1. The van der Waals surface area contributed by atoms with Crippen LogP contribution < -0.4 is 4.57 Å². The predicted molar refractivity (Wildman–Crippen MR) is 60.8 cm³/mol. The van der Waals surface area contributed by atoms with Gasteiger partial charge in [0.25, 0.3) is 0 Å². The molecule has 0 aliphatic rings. The molecule has 3 nitrogen and oxygen atoms in total. The molecule has 0 atom stereocenters. The van der Waals surface area contributed by atoms with Crippen LogP contribution in [0.2, 0.25) is 0 Å². The maximum atomic E-state index is 4.65. The van der Waals surface area contributed by atoms with E-state index in [4.69, 9.17) is 0 Å². The van der Waals surface area contributed by atoms with Crippen molar-refractivity contribution in [3.63, 3.8) is 0 Å². The average Bonchev–Trinajstić information content (AvgIpc) is 2.42. The fraction of sp³-hybridized carbons (Fsp3) is 0.500. The van der Waals surface area contributed by atoms with Crippen molar-refractivity contribution in [3.8, 4) is 0 Å². The molecule has 0 bridgehead atoms. The lowest BCUT2D eigenvalue weighted by atomic mass is 10.2. The van der Waals surface area contributed by atoms with Crippen LogP contribution in [0.3, 0.4) is 0 Å². The first-order valence-corrected chi connectivity index (χ1v) is 5.39. The third-order valence-corrected chi connectivity index (χ3v) is 3.23. The van der Waals surface area contributed by atoms with E-state index in [1.54, 1.807) is 0 Å². The molecule has 0 amide bonds. The molecule has 0 aromatic carbocycles. The highest BCUT2D eigenvalue weighted by molar-refractivity contribution is 5.69. The maximum absolute atomic E-state index is 4.65. The number of pyridine rings is 1. The number of aryl methyl sites for hydroxylation is 4. The summed E-state index contributed by atoms with van der Waals surface area (Å²) in [6.07, 6.45) is 0. The Labute approximate surface area is 90.4 Å². The lowest BCUT2D eigenvalue weighted by molar-refractivity contribution is -0.654. The molecule has 2 rings (SSSR count). The third kappa shape index (κ3) is 1.34. The quantitative estimate of drug-likeness (QED) is 0.649. The van der Waals surface area contributed by atoms with E-state index in [1.165, 1.54) is 16.9 Å². The van der Waals surface area contributed by atoms with Gasteiger partial charge in [-0.15, -0.1) is 4.98 Å². The molecule has 2 aromatic rings. The maximum Gasteiger partial charge on any atom is 0.301 e. The summed E-state index contributed by atoms with van der Waals surface area (Å²) < 4.78 is 4.46. The summed E-state index contributed by atoms with van der Waals surface area (Å²) in [5.41, 5.74) is 4.69. The van der Waals surface area contributed by atoms with Crippen LogP contribution in [-0.4, -0.2) is 9.55 Å². The topological polar surface area (TPSA) is 21.7 Å². The van der Waals surface area contributed by atoms with E-state index in [2.05, 4.69) is 54.9 Å². The summed E-state index contributed by atoms with van der Waals surface area (Å²) >= 11 is 0. The predicted octanol–water partition coefficient (Wildman–Crippen LogP) is 1.81. The monoisotopic (exact) mass is 204 g/mol. The second kappa shape index (κ2) is 3.33. The summed E-state index contributed by atoms with van der Waals surface area (Å²) in [4.78, 5) is 4.65. The number of aromatic nitrogens is 3. The van der Waals surface area contributed by atoms with Crippen LogP contribution in [0, 0.1) is 20.8 Å². The van der Waals surface area contributed by atoms with Crippen molar-refractivity contribution in [2.45, 2.75) is 34.2 Å². The van der Waals surface area contributed by atoms with Gasteiger partial charge in [0.2, 0.25) is 5.82 Å². The molecule has 0 radical (unpaired) electrons. The highest BCUT2D eigenvalue weighted by Crippen LogP contribution is 2.15. The second-order valence-electron chi connectivity index (χ2n) is 4.08. The number of fused-ring (bicyclic) bond motifs is 1. The number of hydrogen-bond acceptors (Lipinski definition) is 1. The minimum Gasteiger partial charge on any atom is -0.258 e. The van der Waals surface area contributed by atoms with Gasteiger partial charge in [-0.25, -0.2) is 4.57 Å². The van der Waals surface area contributed by atoms with E-state index in [0.717, 1.165) is 17.9 Å². The SMILES string of the molecule is CCn1c(C)[n+](C)c2nc(C)c(C)cc21. The summed E-state index contributed by atoms with van der Waals surface area (Å²) in [5.74, 6) is 1.25. The van der Waals surface area contributed by atoms with Gasteiger partial charge < -0.3 is 0 Å². The normalized spacial score (nSPS) is 11.3. The summed E-state index contributed by atoms with van der Waals surface area (Å²) in [5, 5.41) is 0. The van der Waals surface area contributed by atoms with Crippen molar-refractivity contribution in [1.29, 1.82) is 0 Å². The van der Waals surface area contributed by atoms with Crippen molar-refractivity contribution in [2.75, 3.05) is 0 Å². The first kappa shape index (κ1) is 10.1. The van der Waals surface area contributed by atoms with Crippen molar-refractivity contribution in [1.82, 2.24) is 9.55 Å². The van der Waals surface area contributed by atoms with Gasteiger partial charge in [0.15, 0.2) is 5.52 Å². The largest absolute Gasteiger partial charge is 0.301 e. The zero-order chi connectivity index (χ0) is 11.2. The smallest absolute Gasteiger partial charge is 0.258 e. The van der Waals surface area contributed by atoms with Crippen molar-refractivity contribution in [2.24, 2.45) is 7.05 Å². The van der Waals surface area contributed by atoms with Crippen molar-refractivity contribution < 1.29 is 4.57 Å². The Kier molecular flexibility index (Phi) is 2.25. The van der Waals surface area contributed by atoms with Gasteiger partial charge in [0.05, 0.1) is 13.6 Å². The molecule has 80 valence electrons. The van der Waals surface area contributed by atoms with Gasteiger partial charge in [0, 0.05) is 6.92 Å². The van der Waals surface area contributed by atoms with Gasteiger partial charge >= 0.3 is 5.65 Å². The fourth-order valence-electron chi connectivity index (χ4n) is 2.03. The lowest BCUT2D eigenvalue weighted by Crippen LogP contribution is -2.31. The van der Waals surface area contributed by atoms with Crippen LogP contribution in [0.1, 0.15) is 24.0 Å². The number of imidazole rings is 1. The summed E-state index contributed by atoms with van der Waals surface area (Å²) in [7, 11) is 2.08. The van der Waals surface area contributed by atoms with E-state index in [0.29, 0.717) is 0 Å². The Bertz CT molecular complexity index is 523. The minimum absolute atomic E-state index is 0.993. The van der Waals surface area contributed by atoms with Gasteiger partial charge in [0.1, 0.15) is 5.69 Å². The molecule has 0 fully saturated rings. The van der Waals surface area contributed by atoms with E-state index in [-0.39, 0.29) is 0 Å². The van der Waals surface area contributed by atoms with E-state index in [1.807, 2.05) is 0 Å². The highest BCUT2D eigenvalue weighted by Gasteiger charge is 2.19. The first-order valence-electron chi connectivity index (χ1n) is 5.39. The molecule has 15 heavy (non-hydrogen) atoms. The number of hydrogen-bond donors (Lipinski definition) is 0. The molecule has 0 saturated carbocycles. The lowest BCUT2D eigenvalue weighted by Gasteiger charge is -1.96. The summed E-state index contributed by atoms with van der Waals surface area (Å²) in [6, 6.07) is 2.23. The third-order valence-electron chi connectivity index (χ3n) is 3.23. The molecule has 0 spiro atoms. The molecular weight excluding hydrogens is 186 g/mol. The van der Waals surface area contributed by atoms with Crippen molar-refractivity contribution >= 4 is 11.2 Å². The van der Waals surface area contributed by atoms with E-state index >= 15 is 0 Å². The molecule has 0 aliphatic carbocycles. The van der Waals surface area contributed by atoms with Crippen LogP contribution >= 0.6 is 0 Å². The zero-order valence-electron chi connectivity index (χ0n) is 10.1. The highest BCUT2D eigenvalue weighted by atomic mass is 15.2. The fourth-order valence-corrected chi connectivity index (χ4v) is 2.03. The molecule has 0 saturated heterocycles. The molecule has 0 aliphatic heterocycles. The van der Waals surface area contributed by atoms with Crippen LogP contribution in [0.4, 0.5) is 0 Å². The van der Waals surface area contributed by atoms with Crippen LogP contribution in [0.5, 0.6) is 0 Å². The molecule has 2 heterocycles. The van der Waals surface area contributed by atoms with Crippen molar-refractivity contribution in [3.05, 3.63) is 23.1 Å². The Morgan fingerprint density at radius 1 is 1.33 bits per heavy atom. The van der Waals surface area contributed by atoms with Gasteiger partial charge in [-0.3, -0.25) is 4.57 Å². The second-order valence-corrected chi connectivity index (χ2v) is 4.08. The van der Waals surface area contributed by atoms with Crippen LogP contribution in [0.25, 0.3) is 11.2 Å². The van der Waals surface area contributed by atoms with Gasteiger partial charge in [-0.2, -0.15) is 0 Å². The standard InChI is InChI=1S/C12H18N3/c1-6-15-10(4)14(5)12-11(15)7-8(2)9(3)13-12/h7H,6H2,1-5H3/q+1. The average molecular weight is 204 g/mol. The van der Waals surface area contributed by atoms with E-state index in [9.17, 15) is 0 Å². The van der Waals surface area contributed by atoms with Crippen LogP contribution in [0.15, 0.2) is 6.07 Å². The Morgan fingerprint density at radius 2 is 2.00 bits per heavy atom. The minimum atomic E-state index is 0.993. The molecule has 0 unspecified atom stereocenters. The first-order chi connectivity index (χ1) is 7.06. The summed E-state index contributed by atoms with van der Waals surface area (Å²) in [6.45, 7) is 9.47. The number of nitrogens with zero attached hydrogens (tertiary/aromatic N) is 3. The Balaban J connectivity index is 2.91.